The number of hydrogen-bond donors (Lipinski definition) is 0. The molecule has 1 aliphatic heterocycles. The van der Waals surface area contributed by atoms with Crippen molar-refractivity contribution in [1.82, 2.24) is 9.38 Å². The predicted octanol–water partition coefficient (Wildman–Crippen LogP) is 3.37. The van der Waals surface area contributed by atoms with Crippen molar-refractivity contribution in [2.75, 3.05) is 0 Å². The molecule has 6 rings (SSSR count). The van der Waals surface area contributed by atoms with Crippen LogP contribution in [0.5, 0.6) is 0 Å². The summed E-state index contributed by atoms with van der Waals surface area (Å²) >= 11 is 0. The molecule has 4 aromatic heterocycles. The molecule has 5 aromatic rings. The third kappa shape index (κ3) is 1.53. The lowest BCUT2D eigenvalue weighted by Gasteiger charge is -2.00. The van der Waals surface area contributed by atoms with Gasteiger partial charge in [-0.15, -0.1) is 0 Å². The van der Waals surface area contributed by atoms with Crippen LogP contribution in [0.3, 0.4) is 0 Å². The number of hydrogen-bond acceptors (Lipinski definition) is 5. The molecule has 0 amide bonds. The first-order chi connectivity index (χ1) is 11.7. The first kappa shape index (κ1) is 12.3. The highest BCUT2D eigenvalue weighted by Gasteiger charge is 2.15. The summed E-state index contributed by atoms with van der Waals surface area (Å²) in [7, 11) is 0. The van der Waals surface area contributed by atoms with Crippen LogP contribution >= 0.6 is 0 Å². The predicted molar refractivity (Wildman–Crippen MR) is 87.0 cm³/mol. The molecule has 0 N–H and O–H groups in total. The summed E-state index contributed by atoms with van der Waals surface area (Å²) in [4.78, 5) is 16.1. The Morgan fingerprint density at radius 3 is 2.67 bits per heavy atom. The van der Waals surface area contributed by atoms with Gasteiger partial charge in [-0.25, -0.2) is 9.78 Å². The van der Waals surface area contributed by atoms with Crippen molar-refractivity contribution in [3.63, 3.8) is 0 Å². The highest BCUT2D eigenvalue weighted by Crippen LogP contribution is 2.30. The average molecular weight is 318 g/mol. The van der Waals surface area contributed by atoms with Gasteiger partial charge in [0, 0.05) is 29.2 Å². The Labute approximate surface area is 133 Å². The molecule has 0 spiro atoms. The van der Waals surface area contributed by atoms with E-state index in [2.05, 4.69) is 28.9 Å². The summed E-state index contributed by atoms with van der Waals surface area (Å²) in [5.41, 5.74) is 6.01. The van der Waals surface area contributed by atoms with E-state index in [1.54, 1.807) is 12.1 Å². The fraction of sp³-hybridized carbons (Fsp3) is 0.111. The summed E-state index contributed by atoms with van der Waals surface area (Å²) in [5.74, 6) is -0.698. The molecule has 0 bridgehead atoms. The maximum absolute atomic E-state index is 11.3. The van der Waals surface area contributed by atoms with Crippen molar-refractivity contribution < 1.29 is 13.6 Å². The van der Waals surface area contributed by atoms with E-state index < -0.39 is 5.82 Å². The van der Waals surface area contributed by atoms with Crippen LogP contribution in [-0.4, -0.2) is 9.38 Å². The van der Waals surface area contributed by atoms with E-state index >= 15 is 0 Å². The Morgan fingerprint density at radius 2 is 1.75 bits per heavy atom. The number of ether oxygens (including phenoxy) is 1. The van der Waals surface area contributed by atoms with E-state index in [-0.39, 0.29) is 0 Å². The third-order valence-corrected chi connectivity index (χ3v) is 4.63. The monoisotopic (exact) mass is 318 g/mol. The molecule has 6 heteroatoms. The van der Waals surface area contributed by atoms with E-state index in [0.29, 0.717) is 24.4 Å². The Balaban J connectivity index is 1.75. The molecule has 0 unspecified atom stereocenters. The minimum absolute atomic E-state index is 0.414. The Morgan fingerprint density at radius 1 is 0.917 bits per heavy atom. The maximum Gasteiger partial charge on any atom is 0.519 e. The van der Waals surface area contributed by atoms with Gasteiger partial charge >= 0.3 is 5.82 Å². The van der Waals surface area contributed by atoms with Crippen molar-refractivity contribution in [2.45, 2.75) is 13.2 Å². The standard InChI is InChI=1S/C18H10N2O4/c21-18-23-15-3-9-1-10-5-20-6-12-8-22-7-11(12)2-14(20)17(10)19-13(9)4-16(15)24-18/h1-6H,7-8H2. The molecule has 1 aromatic carbocycles. The van der Waals surface area contributed by atoms with Crippen LogP contribution in [0.1, 0.15) is 11.1 Å². The Kier molecular flexibility index (Phi) is 2.07. The number of nitrogens with zero attached hydrogens (tertiary/aromatic N) is 2. The zero-order valence-corrected chi connectivity index (χ0v) is 12.4. The van der Waals surface area contributed by atoms with Gasteiger partial charge in [0.2, 0.25) is 0 Å². The van der Waals surface area contributed by atoms with Crippen LogP contribution in [0.15, 0.2) is 50.3 Å². The van der Waals surface area contributed by atoms with Gasteiger partial charge in [-0.05, 0) is 29.3 Å². The summed E-state index contributed by atoms with van der Waals surface area (Å²) in [5, 5.41) is 1.95. The van der Waals surface area contributed by atoms with Crippen molar-refractivity contribution in [1.29, 1.82) is 0 Å². The normalized spacial score (nSPS) is 14.3. The van der Waals surface area contributed by atoms with Gasteiger partial charge < -0.3 is 18.0 Å². The van der Waals surface area contributed by atoms with E-state index in [1.165, 1.54) is 11.1 Å². The van der Waals surface area contributed by atoms with Gasteiger partial charge in [0.15, 0.2) is 11.2 Å². The molecular weight excluding hydrogens is 308 g/mol. The number of rotatable bonds is 0. The molecule has 6 nitrogen and oxygen atoms in total. The first-order valence-corrected chi connectivity index (χ1v) is 7.63. The first-order valence-electron chi connectivity index (χ1n) is 7.63. The molecule has 24 heavy (non-hydrogen) atoms. The minimum Gasteiger partial charge on any atom is -0.391 e. The van der Waals surface area contributed by atoms with Gasteiger partial charge in [-0.2, -0.15) is 0 Å². The van der Waals surface area contributed by atoms with Gasteiger partial charge in [-0.1, -0.05) is 0 Å². The quantitative estimate of drug-likeness (QED) is 0.438. The smallest absolute Gasteiger partial charge is 0.391 e. The summed E-state index contributed by atoms with van der Waals surface area (Å²) in [6.07, 6.45) is 4.17. The summed E-state index contributed by atoms with van der Waals surface area (Å²) in [6, 6.07) is 7.73. The second-order valence-corrected chi connectivity index (χ2v) is 6.11. The SMILES string of the molecule is O=c1oc2cc3cc4cn5cc6c(cc5c4nc3cc2o1)COC6. The highest BCUT2D eigenvalue weighted by atomic mass is 16.6. The van der Waals surface area contributed by atoms with Crippen LogP contribution in [-0.2, 0) is 18.0 Å². The summed E-state index contributed by atoms with van der Waals surface area (Å²) < 4.78 is 17.7. The molecule has 1 aliphatic rings. The van der Waals surface area contributed by atoms with Crippen molar-refractivity contribution in [2.24, 2.45) is 0 Å². The molecule has 116 valence electrons. The van der Waals surface area contributed by atoms with E-state index in [0.717, 1.165) is 27.3 Å². The number of benzene rings is 1. The topological polar surface area (TPSA) is 69.9 Å². The molecular formula is C18H10N2O4. The number of aromatic nitrogens is 2. The van der Waals surface area contributed by atoms with Gasteiger partial charge in [0.1, 0.15) is 0 Å². The van der Waals surface area contributed by atoms with E-state index in [4.69, 9.17) is 18.6 Å². The zero-order valence-electron chi connectivity index (χ0n) is 12.4. The molecule has 0 atom stereocenters. The van der Waals surface area contributed by atoms with E-state index in [1.807, 2.05) is 0 Å². The number of fused-ring (bicyclic) bond motifs is 6. The van der Waals surface area contributed by atoms with Crippen molar-refractivity contribution >= 4 is 38.5 Å². The van der Waals surface area contributed by atoms with Gasteiger partial charge in [0.05, 0.1) is 29.8 Å². The second kappa shape index (κ2) is 4.04. The lowest BCUT2D eigenvalue weighted by atomic mass is 10.1. The fourth-order valence-electron chi connectivity index (χ4n) is 3.50. The number of pyridine rings is 2. The molecule has 0 saturated heterocycles. The molecule has 0 aliphatic carbocycles. The van der Waals surface area contributed by atoms with Crippen LogP contribution in [0.4, 0.5) is 0 Å². The molecule has 5 heterocycles. The van der Waals surface area contributed by atoms with Crippen LogP contribution in [0, 0.1) is 0 Å². The zero-order chi connectivity index (χ0) is 15.8. The minimum atomic E-state index is -0.698. The molecule has 0 fully saturated rings. The van der Waals surface area contributed by atoms with Crippen LogP contribution < -0.4 is 5.82 Å². The van der Waals surface area contributed by atoms with Crippen molar-refractivity contribution in [3.8, 4) is 0 Å². The van der Waals surface area contributed by atoms with Gasteiger partial charge in [0.25, 0.3) is 0 Å². The van der Waals surface area contributed by atoms with Gasteiger partial charge in [-0.3, -0.25) is 0 Å². The largest absolute Gasteiger partial charge is 0.519 e. The molecule has 0 radical (unpaired) electrons. The summed E-state index contributed by atoms with van der Waals surface area (Å²) in [6.45, 7) is 1.30. The van der Waals surface area contributed by atoms with Crippen molar-refractivity contribution in [3.05, 3.63) is 58.4 Å². The maximum atomic E-state index is 11.3. The Bertz CT molecular complexity index is 1360. The second-order valence-electron chi connectivity index (χ2n) is 6.11. The third-order valence-electron chi connectivity index (χ3n) is 4.63. The molecule has 0 saturated carbocycles. The fourth-order valence-corrected chi connectivity index (χ4v) is 3.50. The van der Waals surface area contributed by atoms with Crippen LogP contribution in [0.2, 0.25) is 0 Å². The lowest BCUT2D eigenvalue weighted by molar-refractivity contribution is 0.134. The van der Waals surface area contributed by atoms with Crippen LogP contribution in [0.25, 0.3) is 38.5 Å². The average Bonchev–Trinajstić information content (AvgIpc) is 3.23. The highest BCUT2D eigenvalue weighted by molar-refractivity contribution is 6.03. The van der Waals surface area contributed by atoms with E-state index in [9.17, 15) is 4.79 Å². The Hall–Kier alpha value is -3.12. The lowest BCUT2D eigenvalue weighted by Crippen LogP contribution is -1.89.